The zero-order valence-electron chi connectivity index (χ0n) is 16.1. The summed E-state index contributed by atoms with van der Waals surface area (Å²) in [6.45, 7) is 4.20. The van der Waals surface area contributed by atoms with Crippen molar-refractivity contribution in [2.75, 3.05) is 31.5 Å². The van der Waals surface area contributed by atoms with E-state index in [9.17, 15) is 9.59 Å². The van der Waals surface area contributed by atoms with E-state index in [1.165, 1.54) is 0 Å². The summed E-state index contributed by atoms with van der Waals surface area (Å²) in [4.78, 5) is 33.1. The summed E-state index contributed by atoms with van der Waals surface area (Å²) in [5.41, 5.74) is 1.86. The van der Waals surface area contributed by atoms with Crippen molar-refractivity contribution in [1.82, 2.24) is 15.1 Å². The van der Waals surface area contributed by atoms with Crippen LogP contribution in [-0.2, 0) is 9.59 Å². The average molecular weight is 382 g/mol. The van der Waals surface area contributed by atoms with E-state index in [-0.39, 0.29) is 24.3 Å². The molecule has 1 aromatic carbocycles. The Labute approximate surface area is 165 Å². The maximum Gasteiger partial charge on any atom is 0.247 e. The van der Waals surface area contributed by atoms with Crippen molar-refractivity contribution in [2.24, 2.45) is 4.99 Å². The predicted octanol–water partition coefficient (Wildman–Crippen LogP) is 1.45. The molecule has 0 aliphatic carbocycles. The number of guanidine groups is 1. The number of hydrogen-bond donors (Lipinski definition) is 2. The number of carbonyl (C=O) groups is 2. The lowest BCUT2D eigenvalue weighted by atomic mass is 10.1. The zero-order valence-corrected chi connectivity index (χ0v) is 16.1. The van der Waals surface area contributed by atoms with Crippen molar-refractivity contribution in [3.63, 3.8) is 0 Å². The molecular weight excluding hydrogens is 356 g/mol. The number of rotatable bonds is 4. The molecule has 2 saturated heterocycles. The van der Waals surface area contributed by atoms with Gasteiger partial charge in [-0.25, -0.2) is 4.99 Å². The van der Waals surface area contributed by atoms with E-state index in [4.69, 9.17) is 5.26 Å². The summed E-state index contributed by atoms with van der Waals surface area (Å²) in [6, 6.07) is 7.07. The van der Waals surface area contributed by atoms with E-state index in [0.29, 0.717) is 13.0 Å². The monoisotopic (exact) mass is 382 g/mol. The first-order valence-corrected chi connectivity index (χ1v) is 9.70. The highest BCUT2D eigenvalue weighted by atomic mass is 16.2. The molecule has 8 heteroatoms. The Morgan fingerprint density at radius 1 is 1.29 bits per heavy atom. The van der Waals surface area contributed by atoms with E-state index < -0.39 is 6.04 Å². The van der Waals surface area contributed by atoms with Crippen LogP contribution >= 0.6 is 0 Å². The van der Waals surface area contributed by atoms with Crippen LogP contribution in [0.25, 0.3) is 0 Å². The smallest absolute Gasteiger partial charge is 0.247 e. The third kappa shape index (κ3) is 5.00. The molecule has 0 bridgehead atoms. The number of nitriles is 1. The molecule has 0 aromatic heterocycles. The maximum atomic E-state index is 13.0. The van der Waals surface area contributed by atoms with Crippen LogP contribution in [-0.4, -0.2) is 59.8 Å². The van der Waals surface area contributed by atoms with E-state index in [0.717, 1.165) is 43.6 Å². The van der Waals surface area contributed by atoms with Crippen molar-refractivity contribution < 1.29 is 9.59 Å². The molecule has 2 aliphatic heterocycles. The van der Waals surface area contributed by atoms with Crippen LogP contribution in [0.2, 0.25) is 0 Å². The molecule has 2 fully saturated rings. The third-order valence-corrected chi connectivity index (χ3v) is 5.03. The van der Waals surface area contributed by atoms with Crippen molar-refractivity contribution in [3.8, 4) is 6.19 Å². The number of hydrogen-bond acceptors (Lipinski definition) is 4. The second-order valence-corrected chi connectivity index (χ2v) is 7.21. The van der Waals surface area contributed by atoms with Crippen LogP contribution in [0.3, 0.4) is 0 Å². The lowest BCUT2D eigenvalue weighted by Crippen LogP contribution is -2.49. The summed E-state index contributed by atoms with van der Waals surface area (Å²) in [5, 5.41) is 14.7. The van der Waals surface area contributed by atoms with Gasteiger partial charge < -0.3 is 15.1 Å². The number of nitrogens with one attached hydrogen (secondary N) is 2. The Balaban J connectivity index is 1.72. The van der Waals surface area contributed by atoms with Crippen LogP contribution in [0.15, 0.2) is 29.3 Å². The lowest BCUT2D eigenvalue weighted by Gasteiger charge is -2.33. The number of carbonyl (C=O) groups excluding carboxylic acids is 2. The van der Waals surface area contributed by atoms with Crippen LogP contribution in [0, 0.1) is 18.4 Å². The van der Waals surface area contributed by atoms with Gasteiger partial charge in [0.1, 0.15) is 6.04 Å². The van der Waals surface area contributed by atoms with Gasteiger partial charge in [0.15, 0.2) is 6.19 Å². The van der Waals surface area contributed by atoms with Crippen molar-refractivity contribution in [2.45, 2.75) is 38.6 Å². The Hall–Kier alpha value is -3.08. The SMILES string of the molecule is Cc1cccc(NC(=NC2CCCCN(CC(=O)N3CCC3)C2=O)NC#N)c1. The molecule has 1 unspecified atom stereocenters. The zero-order chi connectivity index (χ0) is 19.9. The highest BCUT2D eigenvalue weighted by Gasteiger charge is 2.30. The number of likely N-dealkylation sites (tertiary alicyclic amines) is 2. The number of anilines is 1. The van der Waals surface area contributed by atoms with Gasteiger partial charge in [-0.1, -0.05) is 12.1 Å². The standard InChI is InChI=1S/C20H26N6O2/c1-15-6-4-7-16(12-15)23-20(22-14-21)24-17-8-2-3-9-26(19(17)28)13-18(27)25-10-5-11-25/h4,6-7,12,17H,2-3,5,8-11,13H2,1H3,(H2,22,23,24). The van der Waals surface area contributed by atoms with E-state index in [1.54, 1.807) is 9.80 Å². The van der Waals surface area contributed by atoms with Crippen LogP contribution in [0.5, 0.6) is 0 Å². The molecule has 0 radical (unpaired) electrons. The third-order valence-electron chi connectivity index (χ3n) is 5.03. The minimum Gasteiger partial charge on any atom is -0.341 e. The first-order valence-electron chi connectivity index (χ1n) is 9.70. The van der Waals surface area contributed by atoms with Crippen LogP contribution in [0.4, 0.5) is 5.69 Å². The Morgan fingerprint density at radius 3 is 2.79 bits per heavy atom. The Kier molecular flexibility index (Phi) is 6.48. The van der Waals surface area contributed by atoms with Gasteiger partial charge in [-0.2, -0.15) is 5.26 Å². The van der Waals surface area contributed by atoms with Gasteiger partial charge in [-0.05, 0) is 50.3 Å². The van der Waals surface area contributed by atoms with Crippen molar-refractivity contribution >= 4 is 23.5 Å². The summed E-state index contributed by atoms with van der Waals surface area (Å²) in [7, 11) is 0. The highest BCUT2D eigenvalue weighted by Crippen LogP contribution is 2.17. The van der Waals surface area contributed by atoms with E-state index in [2.05, 4.69) is 15.6 Å². The number of aryl methyl sites for hydroxylation is 1. The fourth-order valence-electron chi connectivity index (χ4n) is 3.35. The molecule has 0 spiro atoms. The molecule has 2 heterocycles. The fourth-order valence-corrected chi connectivity index (χ4v) is 3.35. The summed E-state index contributed by atoms with van der Waals surface area (Å²) in [6.07, 6.45) is 5.18. The van der Waals surface area contributed by atoms with Gasteiger partial charge in [-0.15, -0.1) is 0 Å². The van der Waals surface area contributed by atoms with Gasteiger partial charge in [0.25, 0.3) is 0 Å². The number of benzene rings is 1. The van der Waals surface area contributed by atoms with E-state index in [1.807, 2.05) is 37.4 Å². The first kappa shape index (κ1) is 19.7. The second kappa shape index (κ2) is 9.22. The van der Waals surface area contributed by atoms with Crippen molar-refractivity contribution in [1.29, 1.82) is 5.26 Å². The summed E-state index contributed by atoms with van der Waals surface area (Å²) in [5.74, 6) is 0.0783. The summed E-state index contributed by atoms with van der Waals surface area (Å²) >= 11 is 0. The first-order chi connectivity index (χ1) is 13.6. The van der Waals surface area contributed by atoms with Gasteiger partial charge >= 0.3 is 0 Å². The molecule has 28 heavy (non-hydrogen) atoms. The lowest BCUT2D eigenvalue weighted by molar-refractivity contribution is -0.142. The largest absolute Gasteiger partial charge is 0.341 e. The molecule has 0 saturated carbocycles. The minimum atomic E-state index is -0.611. The molecule has 2 aliphatic rings. The number of nitrogens with zero attached hydrogens (tertiary/aromatic N) is 4. The quantitative estimate of drug-likeness (QED) is 0.355. The van der Waals surface area contributed by atoms with Gasteiger partial charge in [0.2, 0.25) is 17.8 Å². The Bertz CT molecular complexity index is 796. The van der Waals surface area contributed by atoms with Gasteiger partial charge in [0.05, 0.1) is 6.54 Å². The minimum absolute atomic E-state index is 0.00233. The van der Waals surface area contributed by atoms with Crippen LogP contribution in [0.1, 0.15) is 31.2 Å². The molecule has 148 valence electrons. The Morgan fingerprint density at radius 2 is 2.11 bits per heavy atom. The molecule has 8 nitrogen and oxygen atoms in total. The molecular formula is C20H26N6O2. The molecule has 2 N–H and O–H groups in total. The topological polar surface area (TPSA) is 101 Å². The highest BCUT2D eigenvalue weighted by molar-refractivity contribution is 5.97. The molecule has 1 atom stereocenters. The van der Waals surface area contributed by atoms with Crippen molar-refractivity contribution in [3.05, 3.63) is 29.8 Å². The number of amides is 2. The average Bonchev–Trinajstić information content (AvgIpc) is 2.76. The maximum absolute atomic E-state index is 13.0. The molecule has 2 amide bonds. The van der Waals surface area contributed by atoms with Gasteiger partial charge in [-0.3, -0.25) is 14.9 Å². The normalized spacial score (nSPS) is 20.1. The molecule has 1 aromatic rings. The predicted molar refractivity (Wildman–Crippen MR) is 106 cm³/mol. The van der Waals surface area contributed by atoms with Crippen LogP contribution < -0.4 is 10.6 Å². The summed E-state index contributed by atoms with van der Waals surface area (Å²) < 4.78 is 0. The molecule has 3 rings (SSSR count). The number of aliphatic imine (C=N–C) groups is 1. The fraction of sp³-hybridized carbons (Fsp3) is 0.500. The van der Waals surface area contributed by atoms with E-state index >= 15 is 0 Å². The van der Waals surface area contributed by atoms with Gasteiger partial charge in [0, 0.05) is 25.3 Å². The second-order valence-electron chi connectivity index (χ2n) is 7.21.